The van der Waals surface area contributed by atoms with Crippen LogP contribution in [-0.2, 0) is 15.0 Å². The summed E-state index contributed by atoms with van der Waals surface area (Å²) in [6.07, 6.45) is 1.76. The maximum atomic E-state index is 12.7. The van der Waals surface area contributed by atoms with E-state index in [0.29, 0.717) is 19.6 Å². The van der Waals surface area contributed by atoms with Crippen LogP contribution in [0, 0.1) is 0 Å². The zero-order valence-corrected chi connectivity index (χ0v) is 14.8. The van der Waals surface area contributed by atoms with Gasteiger partial charge in [0, 0.05) is 31.4 Å². The molecule has 0 saturated carbocycles. The second kappa shape index (κ2) is 6.70. The normalized spacial score (nSPS) is 23.7. The second-order valence-electron chi connectivity index (χ2n) is 6.21. The van der Waals surface area contributed by atoms with Gasteiger partial charge in [-0.2, -0.15) is 17.0 Å². The van der Waals surface area contributed by atoms with Crippen LogP contribution in [0.3, 0.4) is 0 Å². The lowest BCUT2D eigenvalue weighted by atomic mass is 10.2. The van der Waals surface area contributed by atoms with Gasteiger partial charge in [0.2, 0.25) is 5.91 Å². The fourth-order valence-corrected chi connectivity index (χ4v) is 5.03. The SMILES string of the molecule is COc1ccc(N2CC(C)N(S(=O)(=O)N3CCCC3)CC2=O)cc1. The third kappa shape index (κ3) is 3.13. The molecule has 0 bridgehead atoms. The molecule has 0 aromatic heterocycles. The predicted molar refractivity (Wildman–Crippen MR) is 91.2 cm³/mol. The molecule has 1 atom stereocenters. The summed E-state index contributed by atoms with van der Waals surface area (Å²) in [5.41, 5.74) is 0.755. The number of hydrogen-bond acceptors (Lipinski definition) is 4. The molecule has 1 aromatic rings. The van der Waals surface area contributed by atoms with E-state index < -0.39 is 10.2 Å². The third-order valence-electron chi connectivity index (χ3n) is 4.60. The van der Waals surface area contributed by atoms with Crippen molar-refractivity contribution in [3.05, 3.63) is 24.3 Å². The van der Waals surface area contributed by atoms with E-state index >= 15 is 0 Å². The van der Waals surface area contributed by atoms with Crippen LogP contribution in [0.2, 0.25) is 0 Å². The molecule has 8 heteroatoms. The molecule has 2 aliphatic heterocycles. The Balaban J connectivity index is 1.77. The van der Waals surface area contributed by atoms with Crippen molar-refractivity contribution in [2.75, 3.05) is 38.2 Å². The number of amides is 1. The quantitative estimate of drug-likeness (QED) is 0.812. The molecule has 2 fully saturated rings. The summed E-state index contributed by atoms with van der Waals surface area (Å²) >= 11 is 0. The highest BCUT2D eigenvalue weighted by Gasteiger charge is 2.40. The predicted octanol–water partition coefficient (Wildman–Crippen LogP) is 1.07. The number of rotatable bonds is 4. The van der Waals surface area contributed by atoms with Crippen LogP contribution in [0.4, 0.5) is 5.69 Å². The van der Waals surface area contributed by atoms with E-state index in [1.54, 1.807) is 24.1 Å². The molecule has 7 nitrogen and oxygen atoms in total. The van der Waals surface area contributed by atoms with Crippen molar-refractivity contribution >= 4 is 21.8 Å². The number of carbonyl (C=O) groups is 1. The maximum Gasteiger partial charge on any atom is 0.282 e. The van der Waals surface area contributed by atoms with E-state index in [4.69, 9.17) is 4.74 Å². The van der Waals surface area contributed by atoms with E-state index in [9.17, 15) is 13.2 Å². The summed E-state index contributed by atoms with van der Waals surface area (Å²) < 4.78 is 33.4. The molecule has 24 heavy (non-hydrogen) atoms. The second-order valence-corrected chi connectivity index (χ2v) is 8.09. The van der Waals surface area contributed by atoms with Crippen molar-refractivity contribution in [2.24, 2.45) is 0 Å². The van der Waals surface area contributed by atoms with Crippen LogP contribution in [0.1, 0.15) is 19.8 Å². The minimum absolute atomic E-state index is 0.119. The van der Waals surface area contributed by atoms with E-state index in [2.05, 4.69) is 0 Å². The molecular formula is C16H23N3O4S. The Morgan fingerprint density at radius 2 is 1.75 bits per heavy atom. The molecule has 2 saturated heterocycles. The van der Waals surface area contributed by atoms with Crippen molar-refractivity contribution in [1.29, 1.82) is 0 Å². The highest BCUT2D eigenvalue weighted by molar-refractivity contribution is 7.86. The summed E-state index contributed by atoms with van der Waals surface area (Å²) in [7, 11) is -1.97. The first-order chi connectivity index (χ1) is 11.4. The first-order valence-electron chi connectivity index (χ1n) is 8.15. The lowest BCUT2D eigenvalue weighted by molar-refractivity contribution is -0.120. The van der Waals surface area contributed by atoms with E-state index in [0.717, 1.165) is 24.3 Å². The lowest BCUT2D eigenvalue weighted by Gasteiger charge is -2.39. The molecule has 132 valence electrons. The summed E-state index contributed by atoms with van der Waals surface area (Å²) in [6, 6.07) is 6.94. The van der Waals surface area contributed by atoms with E-state index in [1.807, 2.05) is 19.1 Å². The number of benzene rings is 1. The Morgan fingerprint density at radius 3 is 2.33 bits per heavy atom. The van der Waals surface area contributed by atoms with Crippen LogP contribution in [0.15, 0.2) is 24.3 Å². The molecule has 0 spiro atoms. The van der Waals surface area contributed by atoms with Gasteiger partial charge in [0.05, 0.1) is 13.7 Å². The van der Waals surface area contributed by atoms with Gasteiger partial charge in [0.15, 0.2) is 0 Å². The van der Waals surface area contributed by atoms with Crippen molar-refractivity contribution in [3.63, 3.8) is 0 Å². The molecule has 1 amide bonds. The van der Waals surface area contributed by atoms with Crippen molar-refractivity contribution in [3.8, 4) is 5.75 Å². The molecule has 1 unspecified atom stereocenters. The topological polar surface area (TPSA) is 70.2 Å². The Kier molecular flexibility index (Phi) is 4.80. The smallest absolute Gasteiger partial charge is 0.282 e. The molecule has 2 aliphatic rings. The maximum absolute atomic E-state index is 12.7. The van der Waals surface area contributed by atoms with Crippen LogP contribution in [0.5, 0.6) is 5.75 Å². The molecule has 0 radical (unpaired) electrons. The molecule has 0 N–H and O–H groups in total. The van der Waals surface area contributed by atoms with Gasteiger partial charge in [-0.3, -0.25) is 4.79 Å². The number of nitrogens with zero attached hydrogens (tertiary/aromatic N) is 3. The Morgan fingerprint density at radius 1 is 1.12 bits per heavy atom. The summed E-state index contributed by atoms with van der Waals surface area (Å²) in [5.74, 6) is 0.510. The van der Waals surface area contributed by atoms with Gasteiger partial charge in [-0.1, -0.05) is 0 Å². The zero-order chi connectivity index (χ0) is 17.3. The zero-order valence-electron chi connectivity index (χ0n) is 14.0. The first-order valence-corrected chi connectivity index (χ1v) is 9.54. The summed E-state index contributed by atoms with van der Waals surface area (Å²) in [6.45, 7) is 3.16. The van der Waals surface area contributed by atoms with Gasteiger partial charge >= 0.3 is 0 Å². The Labute approximate surface area is 143 Å². The Hall–Kier alpha value is -1.64. The molecular weight excluding hydrogens is 330 g/mol. The number of anilines is 1. The number of methoxy groups -OCH3 is 1. The highest BCUT2D eigenvalue weighted by atomic mass is 32.2. The Bertz CT molecular complexity index is 699. The van der Waals surface area contributed by atoms with Crippen LogP contribution < -0.4 is 9.64 Å². The standard InChI is InChI=1S/C16H23N3O4S/c1-13-11-18(14-5-7-15(23-2)8-6-14)16(20)12-19(13)24(21,22)17-9-3-4-10-17/h5-8,13H,3-4,9-12H2,1-2H3. The first kappa shape index (κ1) is 17.2. The van der Waals surface area contributed by atoms with Crippen LogP contribution >= 0.6 is 0 Å². The van der Waals surface area contributed by atoms with Gasteiger partial charge in [-0.25, -0.2) is 0 Å². The van der Waals surface area contributed by atoms with Gasteiger partial charge in [0.25, 0.3) is 10.2 Å². The van der Waals surface area contributed by atoms with Gasteiger partial charge < -0.3 is 9.64 Å². The average Bonchev–Trinajstić information content (AvgIpc) is 3.12. The largest absolute Gasteiger partial charge is 0.497 e. The van der Waals surface area contributed by atoms with Gasteiger partial charge in [0.1, 0.15) is 5.75 Å². The fourth-order valence-electron chi connectivity index (χ4n) is 3.22. The van der Waals surface area contributed by atoms with Crippen molar-refractivity contribution < 1.29 is 17.9 Å². The van der Waals surface area contributed by atoms with Crippen LogP contribution in [0.25, 0.3) is 0 Å². The van der Waals surface area contributed by atoms with Crippen molar-refractivity contribution in [2.45, 2.75) is 25.8 Å². The molecule has 3 rings (SSSR count). The minimum atomic E-state index is -3.56. The van der Waals surface area contributed by atoms with Crippen molar-refractivity contribution in [1.82, 2.24) is 8.61 Å². The number of piperazine rings is 1. The molecule has 1 aromatic carbocycles. The average molecular weight is 353 g/mol. The lowest BCUT2D eigenvalue weighted by Crippen LogP contribution is -2.59. The summed E-state index contributed by atoms with van der Waals surface area (Å²) in [4.78, 5) is 14.2. The number of ether oxygens (including phenoxy) is 1. The number of carbonyl (C=O) groups excluding carboxylic acids is 1. The van der Waals surface area contributed by atoms with E-state index in [1.165, 1.54) is 8.61 Å². The minimum Gasteiger partial charge on any atom is -0.497 e. The van der Waals surface area contributed by atoms with Gasteiger partial charge in [-0.15, -0.1) is 0 Å². The summed E-state index contributed by atoms with van der Waals surface area (Å²) in [5, 5.41) is 0. The van der Waals surface area contributed by atoms with Gasteiger partial charge in [-0.05, 0) is 44.0 Å². The third-order valence-corrected chi connectivity index (χ3v) is 6.70. The van der Waals surface area contributed by atoms with E-state index in [-0.39, 0.29) is 18.5 Å². The van der Waals surface area contributed by atoms with Crippen LogP contribution in [-0.4, -0.2) is 62.3 Å². The molecule has 0 aliphatic carbocycles. The highest BCUT2D eigenvalue weighted by Crippen LogP contribution is 2.26. The molecule has 2 heterocycles. The number of hydrogen-bond donors (Lipinski definition) is 0. The monoisotopic (exact) mass is 353 g/mol. The fraction of sp³-hybridized carbons (Fsp3) is 0.562.